The summed E-state index contributed by atoms with van der Waals surface area (Å²) in [6.45, 7) is 1.61. The maximum atomic E-state index is 12.7. The van der Waals surface area contributed by atoms with Crippen LogP contribution >= 0.6 is 11.3 Å². The molecule has 0 bridgehead atoms. The number of carbonyl (C=O) groups is 2. The number of ether oxygens (including phenoxy) is 1. The summed E-state index contributed by atoms with van der Waals surface area (Å²) in [6, 6.07) is 14.1. The summed E-state index contributed by atoms with van der Waals surface area (Å²) in [4.78, 5) is 31.1. The number of carbonyl (C=O) groups excluding carboxylic acids is 1. The summed E-state index contributed by atoms with van der Waals surface area (Å²) in [5.74, 6) is 0.310. The topological polar surface area (TPSA) is 79.7 Å². The minimum atomic E-state index is -0.959. The molecule has 0 spiro atoms. The van der Waals surface area contributed by atoms with Crippen molar-refractivity contribution in [2.75, 3.05) is 13.1 Å². The molecular weight excluding hydrogens is 400 g/mol. The third kappa shape index (κ3) is 3.27. The second-order valence-corrected chi connectivity index (χ2v) is 8.28. The maximum Gasteiger partial charge on any atom is 0.336 e. The van der Waals surface area contributed by atoms with Gasteiger partial charge >= 0.3 is 5.97 Å². The third-order valence-electron chi connectivity index (χ3n) is 5.29. The molecule has 1 fully saturated rings. The number of hydrogen-bond acceptors (Lipinski definition) is 5. The van der Waals surface area contributed by atoms with Gasteiger partial charge in [-0.1, -0.05) is 12.1 Å². The number of rotatable bonds is 4. The quantitative estimate of drug-likeness (QED) is 0.494. The van der Waals surface area contributed by atoms with Gasteiger partial charge in [-0.05, 0) is 53.9 Å². The lowest BCUT2D eigenvalue weighted by atomic mass is 10.0. The number of fused-ring (bicyclic) bond motifs is 2. The Bertz CT molecular complexity index is 1290. The lowest BCUT2D eigenvalue weighted by molar-refractivity contribution is 0.0698. The monoisotopic (exact) mass is 418 g/mol. The van der Waals surface area contributed by atoms with Gasteiger partial charge in [-0.25, -0.2) is 4.79 Å². The number of amides is 1. The molecule has 0 unspecified atom stereocenters. The van der Waals surface area contributed by atoms with Crippen LogP contribution in [0.3, 0.4) is 0 Å². The zero-order valence-electron chi connectivity index (χ0n) is 16.0. The molecule has 2 aromatic carbocycles. The number of likely N-dealkylation sites (tertiary alicyclic amines) is 1. The molecule has 150 valence electrons. The first kappa shape index (κ1) is 18.6. The number of nitrogens with zero attached hydrogens (tertiary/aromatic N) is 2. The molecule has 0 radical (unpaired) electrons. The Balaban J connectivity index is 1.49. The molecule has 2 aromatic heterocycles. The minimum Gasteiger partial charge on any atom is -0.478 e. The van der Waals surface area contributed by atoms with E-state index >= 15 is 0 Å². The van der Waals surface area contributed by atoms with Crippen LogP contribution in [0.2, 0.25) is 0 Å². The first-order chi connectivity index (χ1) is 14.6. The first-order valence-corrected chi connectivity index (χ1v) is 10.5. The van der Waals surface area contributed by atoms with E-state index in [-0.39, 0.29) is 11.5 Å². The van der Waals surface area contributed by atoms with Crippen molar-refractivity contribution in [2.45, 2.75) is 12.8 Å². The van der Waals surface area contributed by atoms with E-state index in [4.69, 9.17) is 4.74 Å². The van der Waals surface area contributed by atoms with E-state index in [2.05, 4.69) is 4.98 Å². The number of pyridine rings is 1. The van der Waals surface area contributed by atoms with Crippen molar-refractivity contribution in [3.05, 3.63) is 65.2 Å². The molecule has 30 heavy (non-hydrogen) atoms. The molecule has 0 atom stereocenters. The molecule has 1 saturated heterocycles. The zero-order chi connectivity index (χ0) is 20.7. The van der Waals surface area contributed by atoms with Crippen LogP contribution in [-0.2, 0) is 0 Å². The minimum absolute atomic E-state index is 0.0494. The van der Waals surface area contributed by atoms with Gasteiger partial charge in [0.05, 0.1) is 20.7 Å². The van der Waals surface area contributed by atoms with Gasteiger partial charge in [0, 0.05) is 25.4 Å². The van der Waals surface area contributed by atoms with Crippen LogP contribution in [-0.4, -0.2) is 40.0 Å². The Hall–Kier alpha value is -3.45. The normalized spacial score (nSPS) is 13.8. The molecule has 1 aliphatic rings. The molecule has 0 saturated carbocycles. The summed E-state index contributed by atoms with van der Waals surface area (Å²) in [5.41, 5.74) is 0.989. The van der Waals surface area contributed by atoms with E-state index in [9.17, 15) is 14.7 Å². The average molecular weight is 418 g/mol. The van der Waals surface area contributed by atoms with Crippen LogP contribution in [0.15, 0.2) is 54.7 Å². The maximum absolute atomic E-state index is 12.7. The fraction of sp³-hybridized carbons (Fsp3) is 0.174. The number of carboxylic acid groups (broad SMARTS) is 1. The van der Waals surface area contributed by atoms with Crippen molar-refractivity contribution in [1.29, 1.82) is 0 Å². The van der Waals surface area contributed by atoms with Crippen molar-refractivity contribution in [3.63, 3.8) is 0 Å². The lowest BCUT2D eigenvalue weighted by Crippen LogP contribution is -2.26. The van der Waals surface area contributed by atoms with E-state index in [0.29, 0.717) is 21.8 Å². The van der Waals surface area contributed by atoms with Crippen molar-refractivity contribution in [3.8, 4) is 11.5 Å². The summed E-state index contributed by atoms with van der Waals surface area (Å²) < 4.78 is 6.94. The molecule has 6 nitrogen and oxygen atoms in total. The van der Waals surface area contributed by atoms with E-state index in [0.717, 1.165) is 41.5 Å². The van der Waals surface area contributed by atoms with Gasteiger partial charge in [0.1, 0.15) is 11.5 Å². The Labute approximate surface area is 176 Å². The summed E-state index contributed by atoms with van der Waals surface area (Å²) >= 11 is 1.39. The van der Waals surface area contributed by atoms with Gasteiger partial charge < -0.3 is 14.7 Å². The first-order valence-electron chi connectivity index (χ1n) is 9.72. The Kier molecular flexibility index (Phi) is 4.59. The highest BCUT2D eigenvalue weighted by atomic mass is 32.1. The molecule has 0 aliphatic carbocycles. The predicted molar refractivity (Wildman–Crippen MR) is 116 cm³/mol. The largest absolute Gasteiger partial charge is 0.478 e. The van der Waals surface area contributed by atoms with Gasteiger partial charge in [0.15, 0.2) is 0 Å². The Morgan fingerprint density at radius 2 is 1.90 bits per heavy atom. The number of benzene rings is 2. The fourth-order valence-corrected chi connectivity index (χ4v) is 4.85. The number of hydrogen-bond donors (Lipinski definition) is 1. The second kappa shape index (κ2) is 7.42. The van der Waals surface area contributed by atoms with Crippen LogP contribution in [0.25, 0.3) is 21.0 Å². The number of thiophene rings is 1. The number of aromatic nitrogens is 1. The van der Waals surface area contributed by atoms with E-state index < -0.39 is 5.97 Å². The summed E-state index contributed by atoms with van der Waals surface area (Å²) in [6.07, 6.45) is 3.77. The molecule has 3 heterocycles. The SMILES string of the molecule is O=C(O)c1cccc2cc(Oc3ccnc4cc(C(=O)N5CCCC5)sc34)ccc12. The van der Waals surface area contributed by atoms with Gasteiger partial charge in [-0.3, -0.25) is 9.78 Å². The zero-order valence-corrected chi connectivity index (χ0v) is 16.8. The van der Waals surface area contributed by atoms with Gasteiger partial charge in [0.2, 0.25) is 0 Å². The van der Waals surface area contributed by atoms with Crippen LogP contribution < -0.4 is 4.74 Å². The molecule has 1 aliphatic heterocycles. The number of carboxylic acids is 1. The average Bonchev–Trinajstić information content (AvgIpc) is 3.43. The van der Waals surface area contributed by atoms with Crippen molar-refractivity contribution >= 4 is 44.2 Å². The molecule has 7 heteroatoms. The highest BCUT2D eigenvalue weighted by Crippen LogP contribution is 2.36. The van der Waals surface area contributed by atoms with Gasteiger partial charge in [0.25, 0.3) is 5.91 Å². The molecule has 1 amide bonds. The van der Waals surface area contributed by atoms with Crippen molar-refractivity contribution in [2.24, 2.45) is 0 Å². The molecule has 5 rings (SSSR count). The summed E-state index contributed by atoms with van der Waals surface area (Å²) in [5, 5.41) is 10.8. The smallest absolute Gasteiger partial charge is 0.336 e. The number of aromatic carboxylic acids is 1. The van der Waals surface area contributed by atoms with Crippen LogP contribution in [0.4, 0.5) is 0 Å². The highest BCUT2D eigenvalue weighted by Gasteiger charge is 2.22. The lowest BCUT2D eigenvalue weighted by Gasteiger charge is -2.13. The molecule has 4 aromatic rings. The molecular formula is C23H18N2O4S. The highest BCUT2D eigenvalue weighted by molar-refractivity contribution is 7.21. The second-order valence-electron chi connectivity index (χ2n) is 7.23. The van der Waals surface area contributed by atoms with E-state index in [1.165, 1.54) is 11.3 Å². The van der Waals surface area contributed by atoms with Crippen molar-refractivity contribution in [1.82, 2.24) is 9.88 Å². The van der Waals surface area contributed by atoms with E-state index in [1.54, 1.807) is 36.5 Å². The van der Waals surface area contributed by atoms with E-state index in [1.807, 2.05) is 23.1 Å². The fourth-order valence-electron chi connectivity index (χ4n) is 3.82. The van der Waals surface area contributed by atoms with Crippen molar-refractivity contribution < 1.29 is 19.4 Å². The Morgan fingerprint density at radius 1 is 1.07 bits per heavy atom. The van der Waals surface area contributed by atoms with Crippen LogP contribution in [0.5, 0.6) is 11.5 Å². The third-order valence-corrected chi connectivity index (χ3v) is 6.42. The Morgan fingerprint density at radius 3 is 2.70 bits per heavy atom. The predicted octanol–water partition coefficient (Wildman–Crippen LogP) is 5.18. The van der Waals surface area contributed by atoms with Gasteiger partial charge in [-0.2, -0.15) is 0 Å². The molecule has 1 N–H and O–H groups in total. The van der Waals surface area contributed by atoms with Crippen LogP contribution in [0, 0.1) is 0 Å². The van der Waals surface area contributed by atoms with Crippen LogP contribution in [0.1, 0.15) is 32.9 Å². The standard InChI is InChI=1S/C23H18N2O4S/c26-22(25-10-1-2-11-25)20-13-18-21(30-20)19(8-9-24-18)29-15-6-7-16-14(12-15)4-3-5-17(16)23(27)28/h3-9,12-13H,1-2,10-11H2,(H,27,28). The summed E-state index contributed by atoms with van der Waals surface area (Å²) in [7, 11) is 0. The van der Waals surface area contributed by atoms with Gasteiger partial charge in [-0.15, -0.1) is 11.3 Å².